The molecule has 1 unspecified atom stereocenters. The third-order valence-corrected chi connectivity index (χ3v) is 2.87. The molecule has 1 atom stereocenters. The third kappa shape index (κ3) is 2.79. The number of rotatable bonds is 5. The zero-order valence-electron chi connectivity index (χ0n) is 9.10. The second kappa shape index (κ2) is 5.07. The minimum atomic E-state index is -0.0987. The fourth-order valence-corrected chi connectivity index (χ4v) is 1.81. The highest BCUT2D eigenvalue weighted by atomic mass is 16.3. The predicted octanol–water partition coefficient (Wildman–Crippen LogP) is 0.972. The van der Waals surface area contributed by atoms with Crippen molar-refractivity contribution >= 4 is 5.91 Å². The molecule has 1 aliphatic rings. The second-order valence-corrected chi connectivity index (χ2v) is 4.17. The fourth-order valence-electron chi connectivity index (χ4n) is 1.81. The highest BCUT2D eigenvalue weighted by molar-refractivity contribution is 5.94. The molecule has 0 radical (unpaired) electrons. The Hall–Kier alpha value is -1.42. The Balaban J connectivity index is 1.95. The van der Waals surface area contributed by atoms with Gasteiger partial charge >= 0.3 is 0 Å². The van der Waals surface area contributed by atoms with E-state index in [1.54, 1.807) is 24.5 Å². The van der Waals surface area contributed by atoms with Gasteiger partial charge in [-0.3, -0.25) is 9.78 Å². The monoisotopic (exact) mass is 220 g/mol. The van der Waals surface area contributed by atoms with Crippen molar-refractivity contribution in [3.05, 3.63) is 30.1 Å². The van der Waals surface area contributed by atoms with Crippen molar-refractivity contribution in [2.24, 2.45) is 5.92 Å². The summed E-state index contributed by atoms with van der Waals surface area (Å²) >= 11 is 0. The van der Waals surface area contributed by atoms with Crippen molar-refractivity contribution in [2.75, 3.05) is 6.61 Å². The molecule has 2 N–H and O–H groups in total. The molecule has 1 aromatic heterocycles. The van der Waals surface area contributed by atoms with Gasteiger partial charge in [0, 0.05) is 25.0 Å². The standard InChI is InChI=1S/C12H16N2O2/c15-7-5-11(9-3-4-9)14-12(16)10-2-1-6-13-8-10/h1-2,6,8-9,11,15H,3-5,7H2,(H,14,16). The second-order valence-electron chi connectivity index (χ2n) is 4.17. The molecule has 1 fully saturated rings. The number of carbonyl (C=O) groups excluding carboxylic acids is 1. The predicted molar refractivity (Wildman–Crippen MR) is 59.9 cm³/mol. The molecule has 1 aromatic rings. The van der Waals surface area contributed by atoms with Crippen molar-refractivity contribution in [1.82, 2.24) is 10.3 Å². The first kappa shape index (κ1) is 11.1. The Morgan fingerprint density at radius 2 is 2.44 bits per heavy atom. The summed E-state index contributed by atoms with van der Waals surface area (Å²) in [6.45, 7) is 0.120. The van der Waals surface area contributed by atoms with Crippen molar-refractivity contribution in [3.8, 4) is 0 Å². The van der Waals surface area contributed by atoms with Crippen molar-refractivity contribution in [1.29, 1.82) is 0 Å². The van der Waals surface area contributed by atoms with Crippen LogP contribution in [0.25, 0.3) is 0 Å². The van der Waals surface area contributed by atoms with Gasteiger partial charge in [-0.1, -0.05) is 0 Å². The van der Waals surface area contributed by atoms with Gasteiger partial charge < -0.3 is 10.4 Å². The molecule has 1 aliphatic carbocycles. The average Bonchev–Trinajstić information content (AvgIpc) is 3.13. The average molecular weight is 220 g/mol. The Morgan fingerprint density at radius 3 is 3.00 bits per heavy atom. The van der Waals surface area contributed by atoms with E-state index in [0.29, 0.717) is 17.9 Å². The van der Waals surface area contributed by atoms with E-state index in [9.17, 15) is 4.79 Å². The Morgan fingerprint density at radius 1 is 1.62 bits per heavy atom. The molecular weight excluding hydrogens is 204 g/mol. The number of hydrogen-bond donors (Lipinski definition) is 2. The summed E-state index contributed by atoms with van der Waals surface area (Å²) < 4.78 is 0. The maximum atomic E-state index is 11.8. The summed E-state index contributed by atoms with van der Waals surface area (Å²) in [5.41, 5.74) is 0.575. The summed E-state index contributed by atoms with van der Waals surface area (Å²) in [7, 11) is 0. The molecule has 1 amide bonds. The number of aliphatic hydroxyl groups is 1. The van der Waals surface area contributed by atoms with Gasteiger partial charge in [-0.2, -0.15) is 0 Å². The van der Waals surface area contributed by atoms with Crippen LogP contribution in [0, 0.1) is 5.92 Å². The van der Waals surface area contributed by atoms with Gasteiger partial charge in [0.25, 0.3) is 5.91 Å². The maximum Gasteiger partial charge on any atom is 0.253 e. The Labute approximate surface area is 94.7 Å². The topological polar surface area (TPSA) is 62.2 Å². The fraction of sp³-hybridized carbons (Fsp3) is 0.500. The molecule has 0 bridgehead atoms. The lowest BCUT2D eigenvalue weighted by molar-refractivity contribution is 0.0924. The van der Waals surface area contributed by atoms with E-state index < -0.39 is 0 Å². The molecule has 86 valence electrons. The lowest BCUT2D eigenvalue weighted by Crippen LogP contribution is -2.37. The van der Waals surface area contributed by atoms with Gasteiger partial charge in [-0.25, -0.2) is 0 Å². The summed E-state index contributed by atoms with van der Waals surface area (Å²) in [5, 5.41) is 11.9. The molecule has 1 saturated carbocycles. The van der Waals surface area contributed by atoms with Gasteiger partial charge in [-0.05, 0) is 37.3 Å². The SMILES string of the molecule is O=C(NC(CCO)C1CC1)c1cccnc1. The summed E-state index contributed by atoms with van der Waals surface area (Å²) in [4.78, 5) is 15.7. The number of aliphatic hydroxyl groups excluding tert-OH is 1. The van der Waals surface area contributed by atoms with Gasteiger partial charge in [0.15, 0.2) is 0 Å². The van der Waals surface area contributed by atoms with E-state index in [2.05, 4.69) is 10.3 Å². The Bertz CT molecular complexity index is 349. The zero-order valence-corrected chi connectivity index (χ0v) is 9.10. The minimum absolute atomic E-state index is 0.0987. The molecule has 0 aromatic carbocycles. The first-order valence-electron chi connectivity index (χ1n) is 5.63. The van der Waals surface area contributed by atoms with Crippen LogP contribution in [-0.2, 0) is 0 Å². The number of aromatic nitrogens is 1. The van der Waals surface area contributed by atoms with Crippen LogP contribution >= 0.6 is 0 Å². The van der Waals surface area contributed by atoms with E-state index in [-0.39, 0.29) is 18.6 Å². The van der Waals surface area contributed by atoms with Gasteiger partial charge in [0.05, 0.1) is 5.56 Å². The number of pyridine rings is 1. The largest absolute Gasteiger partial charge is 0.396 e. The number of carbonyl (C=O) groups is 1. The summed E-state index contributed by atoms with van der Waals surface area (Å²) in [5.74, 6) is 0.450. The minimum Gasteiger partial charge on any atom is -0.396 e. The van der Waals surface area contributed by atoms with Crippen LogP contribution in [0.15, 0.2) is 24.5 Å². The van der Waals surface area contributed by atoms with Gasteiger partial charge in [0.2, 0.25) is 0 Å². The van der Waals surface area contributed by atoms with Crippen LogP contribution in [-0.4, -0.2) is 28.6 Å². The normalized spacial score (nSPS) is 16.8. The van der Waals surface area contributed by atoms with Gasteiger partial charge in [0.1, 0.15) is 0 Å². The molecule has 0 saturated heterocycles. The van der Waals surface area contributed by atoms with Crippen LogP contribution < -0.4 is 5.32 Å². The third-order valence-electron chi connectivity index (χ3n) is 2.87. The van der Waals surface area contributed by atoms with Crippen LogP contribution in [0.4, 0.5) is 0 Å². The highest BCUT2D eigenvalue weighted by Crippen LogP contribution is 2.33. The molecule has 1 heterocycles. The van der Waals surface area contributed by atoms with Gasteiger partial charge in [-0.15, -0.1) is 0 Å². The Kier molecular flexibility index (Phi) is 3.51. The smallest absolute Gasteiger partial charge is 0.253 e. The van der Waals surface area contributed by atoms with Crippen molar-refractivity contribution in [2.45, 2.75) is 25.3 Å². The zero-order chi connectivity index (χ0) is 11.4. The van der Waals surface area contributed by atoms with Crippen molar-refractivity contribution < 1.29 is 9.90 Å². The molecule has 0 aliphatic heterocycles. The number of hydrogen-bond acceptors (Lipinski definition) is 3. The first-order chi connectivity index (χ1) is 7.81. The highest BCUT2D eigenvalue weighted by Gasteiger charge is 2.31. The van der Waals surface area contributed by atoms with Crippen molar-refractivity contribution in [3.63, 3.8) is 0 Å². The maximum absolute atomic E-state index is 11.8. The van der Waals surface area contributed by atoms with E-state index in [4.69, 9.17) is 5.11 Å². The van der Waals surface area contributed by atoms with E-state index >= 15 is 0 Å². The van der Waals surface area contributed by atoms with Crippen LogP contribution in [0.5, 0.6) is 0 Å². The molecule has 16 heavy (non-hydrogen) atoms. The lowest BCUT2D eigenvalue weighted by Gasteiger charge is -2.16. The number of amides is 1. The van der Waals surface area contributed by atoms with Crippen LogP contribution in [0.2, 0.25) is 0 Å². The number of nitrogens with one attached hydrogen (secondary N) is 1. The van der Waals surface area contributed by atoms with Crippen LogP contribution in [0.3, 0.4) is 0 Å². The number of nitrogens with zero attached hydrogens (tertiary/aromatic N) is 1. The lowest BCUT2D eigenvalue weighted by atomic mass is 10.1. The quantitative estimate of drug-likeness (QED) is 0.777. The first-order valence-corrected chi connectivity index (χ1v) is 5.63. The summed E-state index contributed by atoms with van der Waals surface area (Å²) in [6, 6.07) is 3.59. The molecule has 0 spiro atoms. The molecule has 4 heteroatoms. The van der Waals surface area contributed by atoms with E-state index in [1.165, 1.54) is 0 Å². The van der Waals surface area contributed by atoms with Crippen LogP contribution in [0.1, 0.15) is 29.6 Å². The molecular formula is C12H16N2O2. The van der Waals surface area contributed by atoms with E-state index in [0.717, 1.165) is 12.8 Å². The molecule has 4 nitrogen and oxygen atoms in total. The molecule has 2 rings (SSSR count). The summed E-state index contributed by atoms with van der Waals surface area (Å²) in [6.07, 6.45) is 6.13. The van der Waals surface area contributed by atoms with E-state index in [1.807, 2.05) is 0 Å².